The molecule has 0 spiro atoms. The van der Waals surface area contributed by atoms with Crippen LogP contribution in [0.2, 0.25) is 10.0 Å². The number of nitrogens with one attached hydrogen (secondary N) is 1. The lowest BCUT2D eigenvalue weighted by Crippen LogP contribution is -2.39. The fourth-order valence-corrected chi connectivity index (χ4v) is 4.30. The van der Waals surface area contributed by atoms with Gasteiger partial charge in [-0.05, 0) is 31.0 Å². The summed E-state index contributed by atoms with van der Waals surface area (Å²) in [6, 6.07) is 2.55. The van der Waals surface area contributed by atoms with Gasteiger partial charge >= 0.3 is 0 Å². The third-order valence-electron chi connectivity index (χ3n) is 3.29. The number of ether oxygens (including phenoxy) is 1. The Bertz CT molecular complexity index is 607. The Labute approximate surface area is 128 Å². The van der Waals surface area contributed by atoms with E-state index in [-0.39, 0.29) is 28.6 Å². The summed E-state index contributed by atoms with van der Waals surface area (Å²) in [4.78, 5) is -0.0110. The Hall–Kier alpha value is -0.370. The van der Waals surface area contributed by atoms with E-state index in [2.05, 4.69) is 4.72 Å². The summed E-state index contributed by atoms with van der Waals surface area (Å²) in [7, 11) is -3.73. The molecular formula is C12H16Cl2N2O3S. The highest BCUT2D eigenvalue weighted by Crippen LogP contribution is 2.29. The molecule has 1 aromatic carbocycles. The maximum Gasteiger partial charge on any atom is 0.242 e. The van der Waals surface area contributed by atoms with Gasteiger partial charge in [0.05, 0.1) is 17.2 Å². The van der Waals surface area contributed by atoms with Crippen molar-refractivity contribution in [3.63, 3.8) is 0 Å². The number of halogens is 2. The van der Waals surface area contributed by atoms with Gasteiger partial charge in [-0.2, -0.15) is 0 Å². The Morgan fingerprint density at radius 1 is 1.40 bits per heavy atom. The smallest absolute Gasteiger partial charge is 0.242 e. The second-order valence-corrected chi connectivity index (χ2v) is 7.17. The van der Waals surface area contributed by atoms with E-state index in [1.165, 1.54) is 12.1 Å². The molecule has 1 fully saturated rings. The highest BCUT2D eigenvalue weighted by atomic mass is 35.5. The predicted molar refractivity (Wildman–Crippen MR) is 78.5 cm³/mol. The van der Waals surface area contributed by atoms with Crippen molar-refractivity contribution in [2.75, 3.05) is 6.61 Å². The summed E-state index contributed by atoms with van der Waals surface area (Å²) in [5.74, 6) is 0. The quantitative estimate of drug-likeness (QED) is 0.878. The van der Waals surface area contributed by atoms with E-state index in [4.69, 9.17) is 33.7 Å². The molecule has 1 aliphatic rings. The summed E-state index contributed by atoms with van der Waals surface area (Å²) in [5, 5.41) is 0.431. The zero-order chi connectivity index (χ0) is 14.9. The highest BCUT2D eigenvalue weighted by Gasteiger charge is 2.30. The van der Waals surface area contributed by atoms with E-state index in [9.17, 15) is 8.42 Å². The van der Waals surface area contributed by atoms with Gasteiger partial charge in [-0.15, -0.1) is 0 Å². The van der Waals surface area contributed by atoms with Gasteiger partial charge in [0.25, 0.3) is 0 Å². The average molecular weight is 339 g/mol. The normalized spacial score (nSPS) is 23.2. The predicted octanol–water partition coefficient (Wildman–Crippen LogP) is 1.91. The number of rotatable bonds is 4. The van der Waals surface area contributed by atoms with E-state index >= 15 is 0 Å². The maximum absolute atomic E-state index is 12.4. The first-order valence-electron chi connectivity index (χ1n) is 6.17. The molecule has 5 nitrogen and oxygen atoms in total. The fourth-order valence-electron chi connectivity index (χ4n) is 2.08. The molecule has 112 valence electrons. The lowest BCUT2D eigenvalue weighted by atomic mass is 10.2. The van der Waals surface area contributed by atoms with Crippen molar-refractivity contribution in [1.82, 2.24) is 4.72 Å². The van der Waals surface area contributed by atoms with Gasteiger partial charge in [-0.3, -0.25) is 0 Å². The lowest BCUT2D eigenvalue weighted by molar-refractivity contribution is 0.117. The van der Waals surface area contributed by atoms with Crippen LogP contribution in [0.4, 0.5) is 0 Å². The summed E-state index contributed by atoms with van der Waals surface area (Å²) >= 11 is 11.9. The minimum atomic E-state index is -3.73. The fraction of sp³-hybridized carbons (Fsp3) is 0.500. The molecule has 1 heterocycles. The van der Waals surface area contributed by atoms with Crippen molar-refractivity contribution in [3.8, 4) is 0 Å². The molecule has 1 saturated heterocycles. The van der Waals surface area contributed by atoms with Gasteiger partial charge in [-0.1, -0.05) is 23.2 Å². The molecule has 2 rings (SSSR count). The largest absolute Gasteiger partial charge is 0.377 e. The van der Waals surface area contributed by atoms with Crippen LogP contribution in [0.5, 0.6) is 0 Å². The molecule has 1 aliphatic heterocycles. The molecule has 0 saturated carbocycles. The zero-order valence-corrected chi connectivity index (χ0v) is 13.2. The third-order valence-corrected chi connectivity index (χ3v) is 5.60. The highest BCUT2D eigenvalue weighted by molar-refractivity contribution is 7.89. The maximum atomic E-state index is 12.4. The van der Waals surface area contributed by atoms with Crippen LogP contribution in [0.15, 0.2) is 17.0 Å². The van der Waals surface area contributed by atoms with Crippen molar-refractivity contribution in [1.29, 1.82) is 0 Å². The van der Waals surface area contributed by atoms with Gasteiger partial charge in [0.1, 0.15) is 4.90 Å². The van der Waals surface area contributed by atoms with Crippen LogP contribution in [0.3, 0.4) is 0 Å². The van der Waals surface area contributed by atoms with Crippen LogP contribution >= 0.6 is 23.2 Å². The first-order valence-corrected chi connectivity index (χ1v) is 8.41. The third kappa shape index (κ3) is 3.27. The van der Waals surface area contributed by atoms with E-state index in [1.807, 2.05) is 6.92 Å². The van der Waals surface area contributed by atoms with Crippen molar-refractivity contribution in [3.05, 3.63) is 27.7 Å². The van der Waals surface area contributed by atoms with Crippen LogP contribution in [0.1, 0.15) is 18.9 Å². The summed E-state index contributed by atoms with van der Waals surface area (Å²) in [6.45, 7) is 2.51. The Kier molecular flexibility index (Phi) is 4.94. The van der Waals surface area contributed by atoms with Crippen molar-refractivity contribution in [2.24, 2.45) is 5.73 Å². The van der Waals surface area contributed by atoms with Crippen LogP contribution in [-0.4, -0.2) is 27.2 Å². The van der Waals surface area contributed by atoms with Gasteiger partial charge in [0, 0.05) is 18.2 Å². The molecule has 3 N–H and O–H groups in total. The second-order valence-electron chi connectivity index (χ2n) is 4.67. The lowest BCUT2D eigenvalue weighted by Gasteiger charge is -2.17. The summed E-state index contributed by atoms with van der Waals surface area (Å²) in [5.41, 5.74) is 6.07. The van der Waals surface area contributed by atoms with Crippen molar-refractivity contribution in [2.45, 2.75) is 36.9 Å². The molecule has 0 bridgehead atoms. The Balaban J connectivity index is 2.34. The molecule has 1 aromatic rings. The molecule has 0 amide bonds. The van der Waals surface area contributed by atoms with E-state index in [0.29, 0.717) is 23.6 Å². The van der Waals surface area contributed by atoms with Crippen molar-refractivity contribution >= 4 is 33.2 Å². The Morgan fingerprint density at radius 2 is 2.10 bits per heavy atom. The Morgan fingerprint density at radius 3 is 2.65 bits per heavy atom. The van der Waals surface area contributed by atoms with Crippen LogP contribution in [0.25, 0.3) is 0 Å². The van der Waals surface area contributed by atoms with E-state index < -0.39 is 10.0 Å². The van der Waals surface area contributed by atoms with E-state index in [0.717, 1.165) is 0 Å². The molecule has 0 aliphatic carbocycles. The van der Waals surface area contributed by atoms with Crippen molar-refractivity contribution < 1.29 is 13.2 Å². The van der Waals surface area contributed by atoms with Gasteiger partial charge < -0.3 is 10.5 Å². The molecule has 0 radical (unpaired) electrons. The molecule has 2 unspecified atom stereocenters. The van der Waals surface area contributed by atoms with Crippen LogP contribution in [-0.2, 0) is 21.3 Å². The average Bonchev–Trinajstić information content (AvgIpc) is 2.74. The standard InChI is InChI=1S/C12H16Cl2N2O3S/c1-7-11(2-3-19-7)16-20(17,18)12-4-8(6-15)9(13)5-10(12)14/h4-5,7,11,16H,2-3,6,15H2,1H3. The van der Waals surface area contributed by atoms with Gasteiger partial charge in [-0.25, -0.2) is 13.1 Å². The van der Waals surface area contributed by atoms with E-state index in [1.54, 1.807) is 0 Å². The minimum absolute atomic E-state index is 0.0110. The van der Waals surface area contributed by atoms with Crippen LogP contribution < -0.4 is 10.5 Å². The molecule has 0 aromatic heterocycles. The first-order chi connectivity index (χ1) is 9.35. The number of nitrogens with two attached hydrogens (primary N) is 1. The molecule has 2 atom stereocenters. The van der Waals surface area contributed by atoms with Gasteiger partial charge in [0.2, 0.25) is 10.0 Å². The minimum Gasteiger partial charge on any atom is -0.377 e. The topological polar surface area (TPSA) is 81.4 Å². The first kappa shape index (κ1) is 16.0. The monoisotopic (exact) mass is 338 g/mol. The molecule has 8 heteroatoms. The number of hydrogen-bond acceptors (Lipinski definition) is 4. The summed E-state index contributed by atoms with van der Waals surface area (Å²) in [6.07, 6.45) is 0.472. The van der Waals surface area contributed by atoms with Gasteiger partial charge in [0.15, 0.2) is 0 Å². The zero-order valence-electron chi connectivity index (χ0n) is 10.9. The number of hydrogen-bond donors (Lipinski definition) is 2. The summed E-state index contributed by atoms with van der Waals surface area (Å²) < 4.78 is 32.8. The number of sulfonamides is 1. The number of benzene rings is 1. The van der Waals surface area contributed by atoms with Crippen LogP contribution in [0, 0.1) is 0 Å². The SMILES string of the molecule is CC1OCCC1NS(=O)(=O)c1cc(CN)c(Cl)cc1Cl. The molecule has 20 heavy (non-hydrogen) atoms. The molecular weight excluding hydrogens is 323 g/mol. The second kappa shape index (κ2) is 6.17.